The van der Waals surface area contributed by atoms with Crippen molar-refractivity contribution < 1.29 is 12.8 Å². The number of imidazole rings is 1. The molecular weight excluding hydrogens is 423 g/mol. The van der Waals surface area contributed by atoms with Crippen LogP contribution in [0.25, 0.3) is 28.4 Å². The summed E-state index contributed by atoms with van der Waals surface area (Å²) >= 11 is 0. The van der Waals surface area contributed by atoms with Crippen molar-refractivity contribution in [1.82, 2.24) is 35.0 Å². The third kappa shape index (κ3) is 3.59. The number of hydrogen-bond acceptors (Lipinski definition) is 7. The van der Waals surface area contributed by atoms with Gasteiger partial charge in [-0.3, -0.25) is 9.12 Å². The molecular formula is C19H13FN8O2S. The maximum Gasteiger partial charge on any atom is 0.261 e. The van der Waals surface area contributed by atoms with Gasteiger partial charge in [0.15, 0.2) is 0 Å². The van der Waals surface area contributed by atoms with Gasteiger partial charge in [-0.05, 0) is 41.6 Å². The van der Waals surface area contributed by atoms with Gasteiger partial charge in [-0.15, -0.1) is 10.2 Å². The Balaban J connectivity index is 1.47. The Kier molecular flexibility index (Phi) is 4.40. The van der Waals surface area contributed by atoms with E-state index >= 15 is 0 Å². The van der Waals surface area contributed by atoms with Gasteiger partial charge in [0.25, 0.3) is 10.0 Å². The Bertz CT molecular complexity index is 1470. The van der Waals surface area contributed by atoms with Gasteiger partial charge in [-0.1, -0.05) is 12.1 Å². The number of nitrogens with zero attached hydrogens (tertiary/aromatic N) is 6. The molecule has 0 radical (unpaired) electrons. The van der Waals surface area contributed by atoms with Gasteiger partial charge in [0.05, 0.1) is 16.2 Å². The van der Waals surface area contributed by atoms with Crippen LogP contribution in [-0.4, -0.2) is 43.4 Å². The molecule has 5 aromatic rings. The Labute approximate surface area is 174 Å². The molecule has 0 unspecified atom stereocenters. The highest BCUT2D eigenvalue weighted by atomic mass is 32.2. The number of fused-ring (bicyclic) bond motifs is 1. The van der Waals surface area contributed by atoms with Crippen molar-refractivity contribution >= 4 is 21.5 Å². The van der Waals surface area contributed by atoms with E-state index in [1.54, 1.807) is 41.1 Å². The molecule has 0 saturated heterocycles. The lowest BCUT2D eigenvalue weighted by Gasteiger charge is -2.10. The number of halogens is 1. The molecule has 0 atom stereocenters. The van der Waals surface area contributed by atoms with Crippen molar-refractivity contribution in [3.05, 3.63) is 72.9 Å². The van der Waals surface area contributed by atoms with Crippen molar-refractivity contribution in [1.29, 1.82) is 0 Å². The largest absolute Gasteiger partial charge is 0.291 e. The summed E-state index contributed by atoms with van der Waals surface area (Å²) in [5.74, 6) is -0.177. The zero-order chi connectivity index (χ0) is 21.4. The smallest absolute Gasteiger partial charge is 0.261 e. The number of aromatic nitrogens is 7. The highest BCUT2D eigenvalue weighted by molar-refractivity contribution is 7.92. The minimum Gasteiger partial charge on any atom is -0.291 e. The second kappa shape index (κ2) is 7.25. The number of aromatic amines is 1. The maximum absolute atomic E-state index is 14.1. The quantitative estimate of drug-likeness (QED) is 0.433. The molecule has 2 N–H and O–H groups in total. The van der Waals surface area contributed by atoms with Gasteiger partial charge >= 0.3 is 0 Å². The molecule has 3 aromatic heterocycles. The van der Waals surface area contributed by atoms with Crippen molar-refractivity contribution in [2.24, 2.45) is 0 Å². The number of sulfonamides is 1. The van der Waals surface area contributed by atoms with E-state index in [-0.39, 0.29) is 16.3 Å². The van der Waals surface area contributed by atoms with E-state index in [1.807, 2.05) is 12.3 Å². The first kappa shape index (κ1) is 18.8. The number of H-pyrrole nitrogens is 1. The van der Waals surface area contributed by atoms with Crippen molar-refractivity contribution in [2.45, 2.75) is 4.90 Å². The number of rotatable bonds is 5. The van der Waals surface area contributed by atoms with E-state index in [9.17, 15) is 12.8 Å². The summed E-state index contributed by atoms with van der Waals surface area (Å²) in [5, 5.41) is 13.0. The summed E-state index contributed by atoms with van der Waals surface area (Å²) in [6.07, 6.45) is 5.26. The van der Waals surface area contributed by atoms with E-state index in [4.69, 9.17) is 0 Å². The number of nitrogens with one attached hydrogen (secondary N) is 2. The van der Waals surface area contributed by atoms with Gasteiger partial charge in [0, 0.05) is 29.8 Å². The predicted octanol–water partition coefficient (Wildman–Crippen LogP) is 2.52. The van der Waals surface area contributed by atoms with Gasteiger partial charge in [0.2, 0.25) is 11.6 Å². The highest BCUT2D eigenvalue weighted by Crippen LogP contribution is 2.26. The SMILES string of the molecule is O=S(=O)(Nc1cccc(-c2cn3cccnc3n2)c1)c1ccc(F)c(-c2nn[nH]n2)c1. The molecule has 12 heteroatoms. The first-order chi connectivity index (χ1) is 15.0. The average molecular weight is 436 g/mol. The zero-order valence-electron chi connectivity index (χ0n) is 15.6. The van der Waals surface area contributed by atoms with Crippen LogP contribution in [0.3, 0.4) is 0 Å². The van der Waals surface area contributed by atoms with Crippen molar-refractivity contribution in [2.75, 3.05) is 4.72 Å². The minimum atomic E-state index is -4.01. The van der Waals surface area contributed by atoms with Gasteiger partial charge < -0.3 is 0 Å². The van der Waals surface area contributed by atoms with Crippen LogP contribution in [0.4, 0.5) is 10.1 Å². The van der Waals surface area contributed by atoms with Crippen LogP contribution in [0.2, 0.25) is 0 Å². The molecule has 5 rings (SSSR count). The Morgan fingerprint density at radius 2 is 2.00 bits per heavy atom. The molecule has 154 valence electrons. The molecule has 0 bridgehead atoms. The molecule has 10 nitrogen and oxygen atoms in total. The fraction of sp³-hybridized carbons (Fsp3) is 0. The molecule has 0 amide bonds. The molecule has 0 spiro atoms. The van der Waals surface area contributed by atoms with Crippen LogP contribution >= 0.6 is 0 Å². The van der Waals surface area contributed by atoms with E-state index < -0.39 is 15.8 Å². The summed E-state index contributed by atoms with van der Waals surface area (Å²) in [4.78, 5) is 8.47. The van der Waals surface area contributed by atoms with Gasteiger partial charge in [0.1, 0.15) is 5.82 Å². The molecule has 31 heavy (non-hydrogen) atoms. The van der Waals surface area contributed by atoms with Crippen LogP contribution in [0.15, 0.2) is 72.0 Å². The number of tetrazole rings is 1. The first-order valence-electron chi connectivity index (χ1n) is 8.96. The molecule has 0 aliphatic carbocycles. The maximum atomic E-state index is 14.1. The third-order valence-corrected chi connectivity index (χ3v) is 5.86. The minimum absolute atomic E-state index is 0.0444. The lowest BCUT2D eigenvalue weighted by atomic mass is 10.1. The third-order valence-electron chi connectivity index (χ3n) is 4.48. The highest BCUT2D eigenvalue weighted by Gasteiger charge is 2.19. The second-order valence-electron chi connectivity index (χ2n) is 6.52. The van der Waals surface area contributed by atoms with Crippen LogP contribution in [0.1, 0.15) is 0 Å². The Morgan fingerprint density at radius 1 is 1.10 bits per heavy atom. The molecule has 0 aliphatic rings. The van der Waals surface area contributed by atoms with E-state index in [2.05, 4.69) is 35.3 Å². The summed E-state index contributed by atoms with van der Waals surface area (Å²) in [6, 6.07) is 11.9. The summed E-state index contributed by atoms with van der Waals surface area (Å²) in [6.45, 7) is 0. The molecule has 2 aromatic carbocycles. The van der Waals surface area contributed by atoms with Crippen LogP contribution < -0.4 is 4.72 Å². The molecule has 0 saturated carbocycles. The first-order valence-corrected chi connectivity index (χ1v) is 10.4. The number of anilines is 1. The Hall–Kier alpha value is -4.19. The fourth-order valence-electron chi connectivity index (χ4n) is 3.04. The molecule has 0 fully saturated rings. The summed E-state index contributed by atoms with van der Waals surface area (Å²) in [7, 11) is -4.01. The second-order valence-corrected chi connectivity index (χ2v) is 8.20. The molecule has 3 heterocycles. The number of benzene rings is 2. The van der Waals surface area contributed by atoms with Gasteiger partial charge in [-0.2, -0.15) is 5.21 Å². The Morgan fingerprint density at radius 3 is 2.81 bits per heavy atom. The van der Waals surface area contributed by atoms with Crippen LogP contribution in [0.5, 0.6) is 0 Å². The van der Waals surface area contributed by atoms with Crippen LogP contribution in [-0.2, 0) is 10.0 Å². The van der Waals surface area contributed by atoms with Gasteiger partial charge in [-0.25, -0.2) is 22.8 Å². The normalized spacial score (nSPS) is 11.6. The lowest BCUT2D eigenvalue weighted by Crippen LogP contribution is -2.13. The van der Waals surface area contributed by atoms with Crippen molar-refractivity contribution in [3.8, 4) is 22.6 Å². The van der Waals surface area contributed by atoms with Crippen molar-refractivity contribution in [3.63, 3.8) is 0 Å². The lowest BCUT2D eigenvalue weighted by molar-refractivity contribution is 0.600. The standard InChI is InChI=1S/C19H13FN8O2S/c20-16-6-5-14(10-15(16)18-23-26-27-24-18)31(29,30)25-13-4-1-3-12(9-13)17-11-28-8-2-7-21-19(28)22-17/h1-11,25H,(H,23,24,26,27). The number of hydrogen-bond donors (Lipinski definition) is 2. The summed E-state index contributed by atoms with van der Waals surface area (Å²) < 4.78 is 44.2. The predicted molar refractivity (Wildman–Crippen MR) is 109 cm³/mol. The van der Waals surface area contributed by atoms with E-state index in [1.165, 1.54) is 6.07 Å². The topological polar surface area (TPSA) is 131 Å². The van der Waals surface area contributed by atoms with Crippen LogP contribution in [0, 0.1) is 5.82 Å². The summed E-state index contributed by atoms with van der Waals surface area (Å²) in [5.41, 5.74) is 1.59. The molecule has 0 aliphatic heterocycles. The monoisotopic (exact) mass is 436 g/mol. The fourth-order valence-corrected chi connectivity index (χ4v) is 4.12. The van der Waals surface area contributed by atoms with E-state index in [0.717, 1.165) is 12.1 Å². The zero-order valence-corrected chi connectivity index (χ0v) is 16.5. The average Bonchev–Trinajstić information content (AvgIpc) is 3.44. The van der Waals surface area contributed by atoms with E-state index in [0.29, 0.717) is 22.7 Å².